The van der Waals surface area contributed by atoms with Crippen molar-refractivity contribution >= 4 is 10.2 Å². The van der Waals surface area contributed by atoms with E-state index >= 15 is 0 Å². The van der Waals surface area contributed by atoms with Gasteiger partial charge in [-0.25, -0.2) is 0 Å². The van der Waals surface area contributed by atoms with Gasteiger partial charge in [-0.3, -0.25) is 0 Å². The van der Waals surface area contributed by atoms with Crippen molar-refractivity contribution in [2.45, 2.75) is 45.2 Å². The molecule has 0 aromatic rings. The highest BCUT2D eigenvalue weighted by molar-refractivity contribution is 6.16. The first kappa shape index (κ1) is 15.0. The minimum atomic E-state index is -0.670. The van der Waals surface area contributed by atoms with E-state index in [1.165, 1.54) is 0 Å². The zero-order valence-corrected chi connectivity index (χ0v) is 12.7. The van der Waals surface area contributed by atoms with Gasteiger partial charge in [-0.2, -0.15) is 0 Å². The van der Waals surface area contributed by atoms with Crippen molar-refractivity contribution in [3.05, 3.63) is 11.8 Å². The van der Waals surface area contributed by atoms with Crippen molar-refractivity contribution in [2.75, 3.05) is 0 Å². The third kappa shape index (κ3) is 5.78. The van der Waals surface area contributed by atoms with Gasteiger partial charge in [0.1, 0.15) is 11.2 Å². The Morgan fingerprint density at radius 2 is 1.44 bits per heavy atom. The van der Waals surface area contributed by atoms with Crippen LogP contribution in [0.25, 0.3) is 0 Å². The fourth-order valence-electron chi connectivity index (χ4n) is 0.909. The topological polar surface area (TPSA) is 18.5 Å². The second-order valence-electron chi connectivity index (χ2n) is 4.44. The van der Waals surface area contributed by atoms with Gasteiger partial charge in [-0.15, -0.1) is 18.5 Å². The van der Waals surface area contributed by atoms with Crippen LogP contribution in [-0.2, 0) is 9.47 Å². The lowest BCUT2D eigenvalue weighted by molar-refractivity contribution is -0.189. The highest BCUT2D eigenvalue weighted by atomic mass is 28.1. The quantitative estimate of drug-likeness (QED) is 0.403. The molecule has 0 unspecified atom stereocenters. The highest BCUT2D eigenvalue weighted by Crippen LogP contribution is 2.18. The zero-order valence-electron chi connectivity index (χ0n) is 10.7. The lowest BCUT2D eigenvalue weighted by atomic mass is 10.1. The zero-order chi connectivity index (χ0) is 12.8. The largest absolute Gasteiger partial charge is 0.330 e. The molecule has 0 atom stereocenters. The van der Waals surface area contributed by atoms with Crippen LogP contribution in [0.2, 0.25) is 0 Å². The lowest BCUT2D eigenvalue weighted by Gasteiger charge is -2.29. The normalized spacial score (nSPS) is 12.9. The van der Waals surface area contributed by atoms with Gasteiger partial charge < -0.3 is 9.47 Å². The molecule has 0 aliphatic carbocycles. The summed E-state index contributed by atoms with van der Waals surface area (Å²) in [6.07, 6.45) is 12.1. The predicted molar refractivity (Wildman–Crippen MR) is 70.9 cm³/mol. The van der Waals surface area contributed by atoms with Gasteiger partial charge in [0.25, 0.3) is 0 Å². The van der Waals surface area contributed by atoms with E-state index < -0.39 is 17.5 Å². The molecular weight excluding hydrogens is 216 g/mol. The molecular formula is C13H20O2Si. The van der Waals surface area contributed by atoms with Gasteiger partial charge >= 0.3 is 0 Å². The maximum absolute atomic E-state index is 5.65. The van der Waals surface area contributed by atoms with Crippen LogP contribution >= 0.6 is 0 Å². The van der Waals surface area contributed by atoms with Crippen molar-refractivity contribution in [2.24, 2.45) is 0 Å². The molecule has 0 aliphatic rings. The van der Waals surface area contributed by atoms with Crippen LogP contribution in [0.15, 0.2) is 11.8 Å². The number of terminal acetylenes is 2. The molecule has 0 bridgehead atoms. The minimum Gasteiger partial charge on any atom is -0.330 e. The number of rotatable bonds is 5. The Hall–Kier alpha value is -1.00. The molecule has 0 saturated heterocycles. The van der Waals surface area contributed by atoms with E-state index in [4.69, 9.17) is 22.3 Å². The summed E-state index contributed by atoms with van der Waals surface area (Å²) < 4.78 is 11.3. The molecule has 0 saturated carbocycles. The summed E-state index contributed by atoms with van der Waals surface area (Å²) in [7, 11) is 0.929. The average Bonchev–Trinajstić information content (AvgIpc) is 2.17. The van der Waals surface area contributed by atoms with E-state index in [0.29, 0.717) is 0 Å². The average molecular weight is 236 g/mol. The third-order valence-electron chi connectivity index (χ3n) is 1.87. The summed E-state index contributed by atoms with van der Waals surface area (Å²) in [6, 6.07) is 0. The van der Waals surface area contributed by atoms with E-state index in [0.717, 1.165) is 10.2 Å². The Morgan fingerprint density at radius 3 is 1.69 bits per heavy atom. The van der Waals surface area contributed by atoms with Crippen LogP contribution in [0.4, 0.5) is 0 Å². The molecule has 0 heterocycles. The Labute approximate surface area is 102 Å². The van der Waals surface area contributed by atoms with Crippen molar-refractivity contribution < 1.29 is 9.47 Å². The van der Waals surface area contributed by atoms with E-state index in [9.17, 15) is 0 Å². The molecule has 0 amide bonds. The van der Waals surface area contributed by atoms with E-state index in [1.807, 2.05) is 39.5 Å². The Morgan fingerprint density at radius 1 is 1.06 bits per heavy atom. The molecule has 0 fully saturated rings. The monoisotopic (exact) mass is 236 g/mol. The fraction of sp³-hybridized carbons (Fsp3) is 0.538. The molecule has 0 radical (unpaired) electrons. The smallest absolute Gasteiger partial charge is 0.180 e. The molecule has 0 N–H and O–H groups in total. The van der Waals surface area contributed by atoms with Crippen molar-refractivity contribution in [3.63, 3.8) is 0 Å². The molecule has 0 aromatic carbocycles. The molecule has 0 spiro atoms. The first-order valence-electron chi connectivity index (χ1n) is 5.20. The summed E-state index contributed by atoms with van der Waals surface area (Å²) in [5.41, 5.74) is 0.636. The Kier molecular flexibility index (Phi) is 5.54. The number of hydrogen-bond donors (Lipinski definition) is 0. The SMILES string of the molecule is C#CC(C)(C)OC(C=C[SiH3])OC(C)(C)C#C. The van der Waals surface area contributed by atoms with Gasteiger partial charge in [0, 0.05) is 10.2 Å². The van der Waals surface area contributed by atoms with Crippen LogP contribution in [0.5, 0.6) is 0 Å². The molecule has 2 nitrogen and oxygen atoms in total. The molecule has 3 heteroatoms. The maximum atomic E-state index is 5.65. The Balaban J connectivity index is 4.67. The summed E-state index contributed by atoms with van der Waals surface area (Å²) in [4.78, 5) is 0. The van der Waals surface area contributed by atoms with Crippen molar-refractivity contribution in [1.82, 2.24) is 0 Å². The fourth-order valence-corrected chi connectivity index (χ4v) is 1.22. The summed E-state index contributed by atoms with van der Waals surface area (Å²) in [5.74, 6) is 5.12. The van der Waals surface area contributed by atoms with Crippen LogP contribution in [0.1, 0.15) is 27.7 Å². The van der Waals surface area contributed by atoms with Crippen molar-refractivity contribution in [1.29, 1.82) is 0 Å². The van der Waals surface area contributed by atoms with Crippen LogP contribution in [0, 0.1) is 24.7 Å². The second-order valence-corrected chi connectivity index (χ2v) is 5.11. The molecule has 0 rings (SSSR count). The van der Waals surface area contributed by atoms with Crippen LogP contribution in [-0.4, -0.2) is 27.7 Å². The van der Waals surface area contributed by atoms with Crippen molar-refractivity contribution in [3.8, 4) is 24.7 Å². The third-order valence-corrected chi connectivity index (χ3v) is 2.25. The van der Waals surface area contributed by atoms with Gasteiger partial charge in [-0.1, -0.05) is 11.8 Å². The molecule has 16 heavy (non-hydrogen) atoms. The first-order valence-corrected chi connectivity index (χ1v) is 6.36. The van der Waals surface area contributed by atoms with Gasteiger partial charge in [0.05, 0.1) is 0 Å². The van der Waals surface area contributed by atoms with Crippen LogP contribution in [0.3, 0.4) is 0 Å². The molecule has 0 aromatic heterocycles. The van der Waals surface area contributed by atoms with E-state index in [-0.39, 0.29) is 0 Å². The molecule has 0 aliphatic heterocycles. The lowest BCUT2D eigenvalue weighted by Crippen LogP contribution is -2.35. The van der Waals surface area contributed by atoms with Gasteiger partial charge in [-0.05, 0) is 33.8 Å². The van der Waals surface area contributed by atoms with E-state index in [2.05, 4.69) is 11.8 Å². The number of hydrogen-bond acceptors (Lipinski definition) is 2. The summed E-state index contributed by atoms with van der Waals surface area (Å²) >= 11 is 0. The summed E-state index contributed by atoms with van der Waals surface area (Å²) in [5, 5.41) is 0. The second kappa shape index (κ2) is 5.91. The summed E-state index contributed by atoms with van der Waals surface area (Å²) in [6.45, 7) is 7.25. The Bertz CT molecular complexity index is 301. The predicted octanol–water partition coefficient (Wildman–Crippen LogP) is 1.05. The standard InChI is InChI=1S/C13H20O2Si/c1-7-12(3,4)14-11(9-10-16)15-13(5,6)8-2/h1-2,9-11H,3-6,16H3. The highest BCUT2D eigenvalue weighted by Gasteiger charge is 2.25. The van der Waals surface area contributed by atoms with E-state index in [1.54, 1.807) is 0 Å². The maximum Gasteiger partial charge on any atom is 0.180 e. The van der Waals surface area contributed by atoms with Gasteiger partial charge in [0.15, 0.2) is 6.29 Å². The van der Waals surface area contributed by atoms with Gasteiger partial charge in [0.2, 0.25) is 0 Å². The first-order chi connectivity index (χ1) is 7.26. The molecule has 88 valence electrons. The minimum absolute atomic E-state index is 0.505. The number of ether oxygens (including phenoxy) is 2. The van der Waals surface area contributed by atoms with Crippen LogP contribution < -0.4 is 0 Å².